The van der Waals surface area contributed by atoms with Crippen molar-refractivity contribution in [1.82, 2.24) is 0 Å². The first-order valence-corrected chi connectivity index (χ1v) is 6.95. The summed E-state index contributed by atoms with van der Waals surface area (Å²) in [5, 5.41) is 3.55. The fourth-order valence-electron chi connectivity index (χ4n) is 1.71. The van der Waals surface area contributed by atoms with Gasteiger partial charge in [-0.15, -0.1) is 0 Å². The van der Waals surface area contributed by atoms with E-state index in [1.807, 2.05) is 13.0 Å². The minimum Gasteiger partial charge on any atom is -0.482 e. The molecule has 0 aromatic heterocycles. The summed E-state index contributed by atoms with van der Waals surface area (Å²) >= 11 is 11.8. The van der Waals surface area contributed by atoms with Crippen molar-refractivity contribution in [3.63, 3.8) is 0 Å². The fourth-order valence-corrected chi connectivity index (χ4v) is 2.05. The van der Waals surface area contributed by atoms with Crippen LogP contribution in [0.4, 0.5) is 11.4 Å². The maximum atomic E-state index is 11.9. The maximum absolute atomic E-state index is 11.9. The average molecular weight is 325 g/mol. The summed E-state index contributed by atoms with van der Waals surface area (Å²) in [7, 11) is 0. The monoisotopic (exact) mass is 324 g/mol. The van der Waals surface area contributed by atoms with E-state index in [2.05, 4.69) is 5.32 Å². The third kappa shape index (κ3) is 4.28. The summed E-state index contributed by atoms with van der Waals surface area (Å²) < 4.78 is 5.35. The van der Waals surface area contributed by atoms with Crippen LogP contribution < -0.4 is 15.8 Å². The van der Waals surface area contributed by atoms with Crippen molar-refractivity contribution in [3.05, 3.63) is 52.0 Å². The third-order valence-corrected chi connectivity index (χ3v) is 3.28. The van der Waals surface area contributed by atoms with Crippen LogP contribution in [0, 0.1) is 6.92 Å². The standard InChI is InChI=1S/C15H14Cl2N2O2/c1-9-2-5-13(12(18)6-9)19-15(20)8-21-14-7-10(16)3-4-11(14)17/h2-7H,8,18H2,1H3,(H,19,20). The molecule has 0 saturated heterocycles. The lowest BCUT2D eigenvalue weighted by Gasteiger charge is -2.11. The Morgan fingerprint density at radius 2 is 2.00 bits per heavy atom. The highest BCUT2D eigenvalue weighted by Gasteiger charge is 2.08. The Morgan fingerprint density at radius 3 is 2.71 bits per heavy atom. The van der Waals surface area contributed by atoms with E-state index in [1.165, 1.54) is 0 Å². The van der Waals surface area contributed by atoms with Crippen LogP contribution >= 0.6 is 23.2 Å². The fraction of sp³-hybridized carbons (Fsp3) is 0.133. The van der Waals surface area contributed by atoms with Gasteiger partial charge in [0.2, 0.25) is 0 Å². The topological polar surface area (TPSA) is 64.3 Å². The normalized spacial score (nSPS) is 10.2. The lowest BCUT2D eigenvalue weighted by atomic mass is 10.2. The quantitative estimate of drug-likeness (QED) is 0.838. The van der Waals surface area contributed by atoms with Gasteiger partial charge >= 0.3 is 0 Å². The van der Waals surface area contributed by atoms with Crippen molar-refractivity contribution in [2.75, 3.05) is 17.7 Å². The van der Waals surface area contributed by atoms with Gasteiger partial charge in [0, 0.05) is 11.1 Å². The Bertz CT molecular complexity index is 675. The van der Waals surface area contributed by atoms with E-state index in [0.29, 0.717) is 27.2 Å². The van der Waals surface area contributed by atoms with Crippen molar-refractivity contribution in [1.29, 1.82) is 0 Å². The molecule has 0 saturated carbocycles. The first-order valence-electron chi connectivity index (χ1n) is 6.19. The van der Waals surface area contributed by atoms with Crippen LogP contribution in [0.5, 0.6) is 5.75 Å². The molecule has 3 N–H and O–H groups in total. The summed E-state index contributed by atoms with van der Waals surface area (Å²) in [5.41, 5.74) is 7.90. The number of carbonyl (C=O) groups is 1. The number of hydrogen-bond donors (Lipinski definition) is 2. The van der Waals surface area contributed by atoms with Crippen molar-refractivity contribution >= 4 is 40.5 Å². The van der Waals surface area contributed by atoms with Crippen molar-refractivity contribution in [2.24, 2.45) is 0 Å². The molecule has 21 heavy (non-hydrogen) atoms. The highest BCUT2D eigenvalue weighted by molar-refractivity contribution is 6.34. The molecule has 0 aliphatic carbocycles. The maximum Gasteiger partial charge on any atom is 0.262 e. The molecule has 0 fully saturated rings. The van der Waals surface area contributed by atoms with E-state index in [1.54, 1.807) is 30.3 Å². The molecule has 0 radical (unpaired) electrons. The lowest BCUT2D eigenvalue weighted by Crippen LogP contribution is -2.20. The summed E-state index contributed by atoms with van der Waals surface area (Å²) in [6.45, 7) is 1.74. The van der Waals surface area contributed by atoms with E-state index in [-0.39, 0.29) is 12.5 Å². The number of aryl methyl sites for hydroxylation is 1. The molecular formula is C15H14Cl2N2O2. The van der Waals surface area contributed by atoms with E-state index in [0.717, 1.165) is 5.56 Å². The number of nitrogens with one attached hydrogen (secondary N) is 1. The Morgan fingerprint density at radius 1 is 1.24 bits per heavy atom. The van der Waals surface area contributed by atoms with Gasteiger partial charge in [0.1, 0.15) is 5.75 Å². The molecule has 0 aliphatic heterocycles. The van der Waals surface area contributed by atoms with Gasteiger partial charge in [0.05, 0.1) is 16.4 Å². The molecule has 4 nitrogen and oxygen atoms in total. The molecule has 0 aliphatic rings. The predicted octanol–water partition coefficient (Wildman–Crippen LogP) is 3.90. The van der Waals surface area contributed by atoms with E-state index < -0.39 is 0 Å². The van der Waals surface area contributed by atoms with E-state index in [4.69, 9.17) is 33.7 Å². The van der Waals surface area contributed by atoms with Crippen LogP contribution in [-0.2, 0) is 4.79 Å². The summed E-state index contributed by atoms with van der Waals surface area (Å²) in [6.07, 6.45) is 0. The number of hydrogen-bond acceptors (Lipinski definition) is 3. The van der Waals surface area contributed by atoms with Crippen molar-refractivity contribution < 1.29 is 9.53 Å². The molecule has 0 unspecified atom stereocenters. The number of halogens is 2. The SMILES string of the molecule is Cc1ccc(NC(=O)COc2cc(Cl)ccc2Cl)c(N)c1. The number of rotatable bonds is 4. The van der Waals surface area contributed by atoms with Crippen LogP contribution in [0.2, 0.25) is 10.0 Å². The van der Waals surface area contributed by atoms with Gasteiger partial charge in [-0.1, -0.05) is 29.3 Å². The van der Waals surface area contributed by atoms with Crippen LogP contribution in [0.15, 0.2) is 36.4 Å². The molecule has 0 spiro atoms. The number of amides is 1. The minimum absolute atomic E-state index is 0.187. The molecule has 2 aromatic rings. The molecule has 110 valence electrons. The molecule has 0 bridgehead atoms. The number of anilines is 2. The molecular weight excluding hydrogens is 311 g/mol. The van der Waals surface area contributed by atoms with Gasteiger partial charge in [-0.25, -0.2) is 0 Å². The van der Waals surface area contributed by atoms with Gasteiger partial charge in [-0.3, -0.25) is 4.79 Å². The van der Waals surface area contributed by atoms with Gasteiger partial charge in [-0.2, -0.15) is 0 Å². The Balaban J connectivity index is 1.97. The smallest absolute Gasteiger partial charge is 0.262 e. The molecule has 0 atom stereocenters. The summed E-state index contributed by atoms with van der Waals surface area (Å²) in [4.78, 5) is 11.9. The van der Waals surface area contributed by atoms with Crippen LogP contribution in [0.25, 0.3) is 0 Å². The summed E-state index contributed by atoms with van der Waals surface area (Å²) in [5.74, 6) is 0.0257. The van der Waals surface area contributed by atoms with Gasteiger partial charge in [0.15, 0.2) is 6.61 Å². The highest BCUT2D eigenvalue weighted by atomic mass is 35.5. The Labute approximate surface area is 132 Å². The molecule has 1 amide bonds. The number of benzene rings is 2. The Kier molecular flexibility index (Phi) is 4.94. The van der Waals surface area contributed by atoms with E-state index in [9.17, 15) is 4.79 Å². The van der Waals surface area contributed by atoms with Gasteiger partial charge in [-0.05, 0) is 36.8 Å². The molecule has 0 heterocycles. The highest BCUT2D eigenvalue weighted by Crippen LogP contribution is 2.27. The van der Waals surface area contributed by atoms with Crippen LogP contribution in [0.3, 0.4) is 0 Å². The van der Waals surface area contributed by atoms with Crippen LogP contribution in [-0.4, -0.2) is 12.5 Å². The molecule has 2 rings (SSSR count). The van der Waals surface area contributed by atoms with Crippen molar-refractivity contribution in [2.45, 2.75) is 6.92 Å². The first-order chi connectivity index (χ1) is 9.95. The third-order valence-electron chi connectivity index (χ3n) is 2.73. The van der Waals surface area contributed by atoms with Gasteiger partial charge in [0.25, 0.3) is 5.91 Å². The average Bonchev–Trinajstić information content (AvgIpc) is 2.43. The zero-order valence-corrected chi connectivity index (χ0v) is 12.8. The van der Waals surface area contributed by atoms with Crippen molar-refractivity contribution in [3.8, 4) is 5.75 Å². The second-order valence-corrected chi connectivity index (χ2v) is 5.35. The zero-order chi connectivity index (χ0) is 15.4. The second kappa shape index (κ2) is 6.70. The molecule has 2 aromatic carbocycles. The van der Waals surface area contributed by atoms with Crippen LogP contribution in [0.1, 0.15) is 5.56 Å². The number of nitrogen functional groups attached to an aromatic ring is 1. The zero-order valence-electron chi connectivity index (χ0n) is 11.3. The van der Waals surface area contributed by atoms with Gasteiger partial charge < -0.3 is 15.8 Å². The predicted molar refractivity (Wildman–Crippen MR) is 86.2 cm³/mol. The number of carbonyl (C=O) groups excluding carboxylic acids is 1. The number of nitrogens with two attached hydrogens (primary N) is 1. The number of ether oxygens (including phenoxy) is 1. The Hall–Kier alpha value is -1.91. The molecule has 6 heteroatoms. The first kappa shape index (κ1) is 15.5. The lowest BCUT2D eigenvalue weighted by molar-refractivity contribution is -0.118. The van der Waals surface area contributed by atoms with E-state index >= 15 is 0 Å². The summed E-state index contributed by atoms with van der Waals surface area (Å²) in [6, 6.07) is 10.2. The second-order valence-electron chi connectivity index (χ2n) is 4.50. The largest absolute Gasteiger partial charge is 0.482 e. The minimum atomic E-state index is -0.332.